The Hall–Kier alpha value is -7.09. The first kappa shape index (κ1) is 30.5. The molecule has 0 spiro atoms. The quantitative estimate of drug-likeness (QED) is 0.133. The molecule has 10 aromatic carbocycles. The van der Waals surface area contributed by atoms with E-state index >= 15 is 0 Å². The summed E-state index contributed by atoms with van der Waals surface area (Å²) in [5.41, 5.74) is 9.26. The first-order valence-electron chi connectivity index (χ1n) is 18.6. The summed E-state index contributed by atoms with van der Waals surface area (Å²) in [6.45, 7) is 0. The summed E-state index contributed by atoms with van der Waals surface area (Å²) in [6, 6.07) is 71.0. The van der Waals surface area contributed by atoms with Crippen molar-refractivity contribution in [1.29, 1.82) is 0 Å². The maximum atomic E-state index is 5.19. The number of nitrogens with zero attached hydrogens (tertiary/aromatic N) is 1. The van der Waals surface area contributed by atoms with Gasteiger partial charge < -0.3 is 0 Å². The molecule has 0 aliphatic heterocycles. The molecule has 0 saturated heterocycles. The van der Waals surface area contributed by atoms with Gasteiger partial charge in [-0.1, -0.05) is 164 Å². The smallest absolute Gasteiger partial charge is 0.0714 e. The van der Waals surface area contributed by atoms with E-state index in [0.717, 1.165) is 16.8 Å². The number of benzene rings is 10. The summed E-state index contributed by atoms with van der Waals surface area (Å²) in [7, 11) is 0. The van der Waals surface area contributed by atoms with E-state index in [9.17, 15) is 0 Å². The third-order valence-corrected chi connectivity index (χ3v) is 11.2. The largest absolute Gasteiger partial charge is 0.256 e. The lowest BCUT2D eigenvalue weighted by Crippen LogP contribution is -1.94. The zero-order valence-electron chi connectivity index (χ0n) is 29.5. The van der Waals surface area contributed by atoms with Crippen LogP contribution < -0.4 is 0 Å². The van der Waals surface area contributed by atoms with Crippen molar-refractivity contribution < 1.29 is 0 Å². The van der Waals surface area contributed by atoms with Gasteiger partial charge in [-0.25, -0.2) is 0 Å². The van der Waals surface area contributed by atoms with Crippen LogP contribution in [0, 0.1) is 0 Å². The summed E-state index contributed by atoms with van der Waals surface area (Å²) < 4.78 is 0. The predicted octanol–water partition coefficient (Wildman–Crippen LogP) is 14.7. The maximum absolute atomic E-state index is 5.19. The first-order valence-corrected chi connectivity index (χ1v) is 18.6. The second-order valence-corrected chi connectivity index (χ2v) is 14.3. The van der Waals surface area contributed by atoms with E-state index in [0.29, 0.717) is 0 Å². The summed E-state index contributed by atoms with van der Waals surface area (Å²) in [4.78, 5) is 5.19. The van der Waals surface area contributed by atoms with E-state index < -0.39 is 0 Å². The van der Waals surface area contributed by atoms with Crippen LogP contribution in [-0.2, 0) is 0 Å². The van der Waals surface area contributed by atoms with E-state index in [1.165, 1.54) is 92.5 Å². The molecule has 0 atom stereocenters. The van der Waals surface area contributed by atoms with Gasteiger partial charge in [0.15, 0.2) is 0 Å². The van der Waals surface area contributed by atoms with Crippen molar-refractivity contribution in [3.05, 3.63) is 200 Å². The van der Waals surface area contributed by atoms with Gasteiger partial charge in [0, 0.05) is 17.3 Å². The number of hydrogen-bond donors (Lipinski definition) is 0. The van der Waals surface area contributed by atoms with Crippen molar-refractivity contribution in [2.45, 2.75) is 0 Å². The highest BCUT2D eigenvalue weighted by Gasteiger charge is 2.19. The normalized spacial score (nSPS) is 11.7. The second kappa shape index (κ2) is 12.3. The van der Waals surface area contributed by atoms with Crippen LogP contribution in [0.25, 0.3) is 109 Å². The van der Waals surface area contributed by atoms with Crippen LogP contribution in [0.3, 0.4) is 0 Å². The van der Waals surface area contributed by atoms with Gasteiger partial charge in [-0.05, 0) is 123 Å². The van der Waals surface area contributed by atoms with Crippen LogP contribution in [-0.4, -0.2) is 4.98 Å². The van der Waals surface area contributed by atoms with Crippen LogP contribution in [0.2, 0.25) is 0 Å². The molecule has 0 fully saturated rings. The van der Waals surface area contributed by atoms with Crippen LogP contribution in [0.5, 0.6) is 0 Å². The SMILES string of the molecule is c1ccc2cc(-c3ccc(-c4c5ccccc5c(-c5ccc6c(ccc7ccccc76)c5)c5cc(-c6ccc7ccccc7c6)ccc45)nc3)ccc2c1. The lowest BCUT2D eigenvalue weighted by atomic mass is 9.85. The van der Waals surface area contributed by atoms with Crippen LogP contribution in [0.4, 0.5) is 0 Å². The highest BCUT2D eigenvalue weighted by Crippen LogP contribution is 2.45. The first-order chi connectivity index (χ1) is 26.7. The molecule has 0 saturated carbocycles. The fourth-order valence-corrected chi connectivity index (χ4v) is 8.56. The fourth-order valence-electron chi connectivity index (χ4n) is 8.56. The van der Waals surface area contributed by atoms with Crippen LogP contribution in [0.15, 0.2) is 200 Å². The van der Waals surface area contributed by atoms with Crippen molar-refractivity contribution >= 4 is 64.6 Å². The van der Waals surface area contributed by atoms with Crippen LogP contribution >= 0.6 is 0 Å². The summed E-state index contributed by atoms with van der Waals surface area (Å²) in [5.74, 6) is 0. The molecule has 0 unspecified atom stereocenters. The van der Waals surface area contributed by atoms with E-state index in [-0.39, 0.29) is 0 Å². The topological polar surface area (TPSA) is 12.9 Å². The molecule has 0 radical (unpaired) electrons. The van der Waals surface area contributed by atoms with Gasteiger partial charge in [-0.15, -0.1) is 0 Å². The van der Waals surface area contributed by atoms with Gasteiger partial charge >= 0.3 is 0 Å². The number of pyridine rings is 1. The second-order valence-electron chi connectivity index (χ2n) is 14.3. The van der Waals surface area contributed by atoms with Crippen molar-refractivity contribution in [1.82, 2.24) is 4.98 Å². The Labute approximate surface area is 313 Å². The fraction of sp³-hybridized carbons (Fsp3) is 0. The molecular formula is C53H33N. The zero-order valence-corrected chi connectivity index (χ0v) is 29.5. The van der Waals surface area contributed by atoms with E-state index in [4.69, 9.17) is 4.98 Å². The molecule has 1 nitrogen and oxygen atoms in total. The molecule has 250 valence electrons. The van der Waals surface area contributed by atoms with Crippen molar-refractivity contribution in [3.63, 3.8) is 0 Å². The van der Waals surface area contributed by atoms with Gasteiger partial charge in [0.2, 0.25) is 0 Å². The summed E-state index contributed by atoms with van der Waals surface area (Å²) in [6.07, 6.45) is 2.03. The molecule has 1 heterocycles. The number of rotatable bonds is 4. The van der Waals surface area contributed by atoms with E-state index in [1.807, 2.05) is 6.20 Å². The average molecular weight is 684 g/mol. The number of aromatic nitrogens is 1. The Kier molecular flexibility index (Phi) is 6.93. The van der Waals surface area contributed by atoms with Gasteiger partial charge in [0.25, 0.3) is 0 Å². The predicted molar refractivity (Wildman–Crippen MR) is 231 cm³/mol. The van der Waals surface area contributed by atoms with Crippen molar-refractivity contribution in [3.8, 4) is 44.6 Å². The molecule has 0 N–H and O–H groups in total. The summed E-state index contributed by atoms with van der Waals surface area (Å²) >= 11 is 0. The zero-order chi connectivity index (χ0) is 35.6. The van der Waals surface area contributed by atoms with Gasteiger partial charge in [0.1, 0.15) is 0 Å². The van der Waals surface area contributed by atoms with Gasteiger partial charge in [-0.3, -0.25) is 4.98 Å². The molecule has 0 aliphatic carbocycles. The molecule has 11 aromatic rings. The standard InChI is InChI=1S/C53H33N/c1-3-12-37-29-39(20-17-34(37)9-1)41-23-27-49-50(32-41)52(43-24-26-46-42(31-43)22-19-36-11-5-6-14-45(36)46)47-15-7-8-16-48(47)53(49)51-28-25-44(33-54-51)40-21-18-35-10-2-4-13-38(35)30-40/h1-33H. The molecular weight excluding hydrogens is 651 g/mol. The Morgan fingerprint density at radius 1 is 0.241 bits per heavy atom. The molecule has 1 heteroatoms. The highest BCUT2D eigenvalue weighted by atomic mass is 14.7. The minimum atomic E-state index is 0.968. The van der Waals surface area contributed by atoms with E-state index in [1.54, 1.807) is 0 Å². The Morgan fingerprint density at radius 2 is 0.685 bits per heavy atom. The average Bonchev–Trinajstić information content (AvgIpc) is 3.25. The third kappa shape index (κ3) is 4.98. The minimum absolute atomic E-state index is 0.968. The van der Waals surface area contributed by atoms with Crippen molar-refractivity contribution in [2.75, 3.05) is 0 Å². The minimum Gasteiger partial charge on any atom is -0.256 e. The Bertz CT molecular complexity index is 3260. The lowest BCUT2D eigenvalue weighted by molar-refractivity contribution is 1.34. The molecule has 0 amide bonds. The monoisotopic (exact) mass is 683 g/mol. The molecule has 1 aromatic heterocycles. The third-order valence-electron chi connectivity index (χ3n) is 11.2. The number of fused-ring (bicyclic) bond motifs is 7. The Morgan fingerprint density at radius 3 is 1.39 bits per heavy atom. The molecule has 0 bridgehead atoms. The molecule has 54 heavy (non-hydrogen) atoms. The Balaban J connectivity index is 1.15. The van der Waals surface area contributed by atoms with Crippen molar-refractivity contribution in [2.24, 2.45) is 0 Å². The van der Waals surface area contributed by atoms with Gasteiger partial charge in [-0.2, -0.15) is 0 Å². The highest BCUT2D eigenvalue weighted by molar-refractivity contribution is 6.22. The summed E-state index contributed by atoms with van der Waals surface area (Å²) in [5, 5.41) is 14.8. The number of hydrogen-bond acceptors (Lipinski definition) is 1. The molecule has 0 aliphatic rings. The maximum Gasteiger partial charge on any atom is 0.0714 e. The van der Waals surface area contributed by atoms with E-state index in [2.05, 4.69) is 194 Å². The molecule has 11 rings (SSSR count). The van der Waals surface area contributed by atoms with Crippen LogP contribution in [0.1, 0.15) is 0 Å². The van der Waals surface area contributed by atoms with Gasteiger partial charge in [0.05, 0.1) is 5.69 Å². The lowest BCUT2D eigenvalue weighted by Gasteiger charge is -2.19.